The molecular weight excluding hydrogens is 384 g/mol. The zero-order valence-corrected chi connectivity index (χ0v) is 17.7. The highest BCUT2D eigenvalue weighted by molar-refractivity contribution is 7.13. The standard InChI is InChI=1S/C23H24N2O3S/c1-15(2)17-5-7-18(8-6-17)22-24-19(14-29-22)23(26)25(3)13-16-4-9-20-21(12-16)28-11-10-27-20/h4-9,12,14-15H,10-11,13H2,1-3H3. The average molecular weight is 409 g/mol. The minimum Gasteiger partial charge on any atom is -0.486 e. The molecule has 0 unspecified atom stereocenters. The molecule has 0 radical (unpaired) electrons. The maximum atomic E-state index is 12.8. The zero-order valence-electron chi connectivity index (χ0n) is 16.8. The van der Waals surface area contributed by atoms with Crippen LogP contribution < -0.4 is 9.47 Å². The largest absolute Gasteiger partial charge is 0.486 e. The number of thiazole rings is 1. The summed E-state index contributed by atoms with van der Waals surface area (Å²) >= 11 is 1.49. The fraction of sp³-hybridized carbons (Fsp3) is 0.304. The van der Waals surface area contributed by atoms with E-state index in [0.717, 1.165) is 27.6 Å². The molecule has 0 N–H and O–H groups in total. The Balaban J connectivity index is 1.45. The Labute approximate surface area is 174 Å². The van der Waals surface area contributed by atoms with Crippen molar-refractivity contribution < 1.29 is 14.3 Å². The van der Waals surface area contributed by atoms with Gasteiger partial charge in [-0.3, -0.25) is 4.79 Å². The first-order chi connectivity index (χ1) is 14.0. The lowest BCUT2D eigenvalue weighted by Crippen LogP contribution is -2.26. The second-order valence-electron chi connectivity index (χ2n) is 7.45. The second-order valence-corrected chi connectivity index (χ2v) is 8.31. The molecule has 2 aromatic carbocycles. The van der Waals surface area contributed by atoms with Crippen LogP contribution in [0.5, 0.6) is 11.5 Å². The van der Waals surface area contributed by atoms with Crippen molar-refractivity contribution in [3.8, 4) is 22.1 Å². The minimum atomic E-state index is -0.0961. The van der Waals surface area contributed by atoms with Crippen LogP contribution in [0.15, 0.2) is 47.8 Å². The maximum Gasteiger partial charge on any atom is 0.273 e. The summed E-state index contributed by atoms with van der Waals surface area (Å²) in [6, 6.07) is 14.2. The fourth-order valence-electron chi connectivity index (χ4n) is 3.24. The van der Waals surface area contributed by atoms with E-state index in [2.05, 4.69) is 43.1 Å². The highest BCUT2D eigenvalue weighted by atomic mass is 32.1. The van der Waals surface area contributed by atoms with E-state index in [1.165, 1.54) is 16.9 Å². The molecule has 3 aromatic rings. The molecule has 1 aliphatic rings. The Morgan fingerprint density at radius 1 is 1.10 bits per heavy atom. The SMILES string of the molecule is CC(C)c1ccc(-c2nc(C(=O)N(C)Cc3ccc4c(c3)OCCO4)cs2)cc1. The Morgan fingerprint density at radius 2 is 1.83 bits per heavy atom. The Hall–Kier alpha value is -2.86. The number of hydrogen-bond donors (Lipinski definition) is 0. The zero-order chi connectivity index (χ0) is 20.4. The number of rotatable bonds is 5. The van der Waals surface area contributed by atoms with Crippen molar-refractivity contribution >= 4 is 17.2 Å². The summed E-state index contributed by atoms with van der Waals surface area (Å²) in [6.45, 7) is 5.94. The summed E-state index contributed by atoms with van der Waals surface area (Å²) in [7, 11) is 1.79. The van der Waals surface area contributed by atoms with E-state index in [1.807, 2.05) is 23.6 Å². The van der Waals surface area contributed by atoms with Gasteiger partial charge < -0.3 is 14.4 Å². The fourth-order valence-corrected chi connectivity index (χ4v) is 4.04. The first kappa shape index (κ1) is 19.5. The van der Waals surface area contributed by atoms with Gasteiger partial charge in [0.05, 0.1) is 0 Å². The van der Waals surface area contributed by atoms with Crippen molar-refractivity contribution in [1.82, 2.24) is 9.88 Å². The number of ether oxygens (including phenoxy) is 2. The Morgan fingerprint density at radius 3 is 2.55 bits per heavy atom. The molecule has 0 spiro atoms. The number of amides is 1. The second kappa shape index (κ2) is 8.25. The molecule has 1 aliphatic heterocycles. The van der Waals surface area contributed by atoms with Crippen LogP contribution in [-0.2, 0) is 6.54 Å². The quantitative estimate of drug-likeness (QED) is 0.598. The first-order valence-electron chi connectivity index (χ1n) is 9.71. The van der Waals surface area contributed by atoms with Gasteiger partial charge in [-0.2, -0.15) is 0 Å². The van der Waals surface area contributed by atoms with Crippen molar-refractivity contribution in [2.45, 2.75) is 26.3 Å². The van der Waals surface area contributed by atoms with Gasteiger partial charge in [0.15, 0.2) is 11.5 Å². The van der Waals surface area contributed by atoms with Crippen molar-refractivity contribution in [3.63, 3.8) is 0 Å². The number of hydrogen-bond acceptors (Lipinski definition) is 5. The van der Waals surface area contributed by atoms with E-state index >= 15 is 0 Å². The van der Waals surface area contributed by atoms with Crippen LogP contribution in [0.1, 0.15) is 41.4 Å². The van der Waals surface area contributed by atoms with Crippen LogP contribution in [0.3, 0.4) is 0 Å². The third-order valence-electron chi connectivity index (χ3n) is 4.92. The van der Waals surface area contributed by atoms with Crippen molar-refractivity contribution in [1.29, 1.82) is 0 Å². The van der Waals surface area contributed by atoms with Crippen LogP contribution in [0.2, 0.25) is 0 Å². The number of carbonyl (C=O) groups excluding carboxylic acids is 1. The molecular formula is C23H24N2O3S. The highest BCUT2D eigenvalue weighted by Crippen LogP contribution is 2.31. The minimum absolute atomic E-state index is 0.0961. The van der Waals surface area contributed by atoms with Gasteiger partial charge in [0.1, 0.15) is 23.9 Å². The molecule has 0 saturated carbocycles. The predicted molar refractivity (Wildman–Crippen MR) is 115 cm³/mol. The molecule has 6 heteroatoms. The summed E-state index contributed by atoms with van der Waals surface area (Å²) in [5.74, 6) is 1.88. The van der Waals surface area contributed by atoms with Crippen LogP contribution in [0.4, 0.5) is 0 Å². The predicted octanol–water partition coefficient (Wildman–Crippen LogP) is 4.98. The van der Waals surface area contributed by atoms with Gasteiger partial charge in [-0.15, -0.1) is 11.3 Å². The molecule has 0 saturated heterocycles. The van der Waals surface area contributed by atoms with Crippen molar-refractivity contribution in [3.05, 3.63) is 64.7 Å². The number of nitrogens with zero attached hydrogens (tertiary/aromatic N) is 2. The average Bonchev–Trinajstić information content (AvgIpc) is 3.23. The van der Waals surface area contributed by atoms with E-state index in [9.17, 15) is 4.79 Å². The lowest BCUT2D eigenvalue weighted by atomic mass is 10.0. The van der Waals surface area contributed by atoms with Crippen LogP contribution >= 0.6 is 11.3 Å². The molecule has 4 rings (SSSR count). The maximum absolute atomic E-state index is 12.8. The molecule has 2 heterocycles. The van der Waals surface area contributed by atoms with Gasteiger partial charge in [-0.05, 0) is 29.2 Å². The monoisotopic (exact) mass is 408 g/mol. The molecule has 0 aliphatic carbocycles. The number of fused-ring (bicyclic) bond motifs is 1. The topological polar surface area (TPSA) is 51.7 Å². The molecule has 1 aromatic heterocycles. The van der Waals surface area contributed by atoms with Crippen molar-refractivity contribution in [2.24, 2.45) is 0 Å². The van der Waals surface area contributed by atoms with Gasteiger partial charge in [0.25, 0.3) is 5.91 Å². The van der Waals surface area contributed by atoms with Gasteiger partial charge in [0, 0.05) is 24.5 Å². The number of carbonyl (C=O) groups is 1. The van der Waals surface area contributed by atoms with Gasteiger partial charge >= 0.3 is 0 Å². The van der Waals surface area contributed by atoms with Crippen molar-refractivity contribution in [2.75, 3.05) is 20.3 Å². The van der Waals surface area contributed by atoms with E-state index in [0.29, 0.717) is 31.4 Å². The summed E-state index contributed by atoms with van der Waals surface area (Å²) in [4.78, 5) is 19.1. The normalized spacial score (nSPS) is 12.8. The number of benzene rings is 2. The van der Waals surface area contributed by atoms with Crippen LogP contribution in [0.25, 0.3) is 10.6 Å². The summed E-state index contributed by atoms with van der Waals surface area (Å²) in [6.07, 6.45) is 0. The third-order valence-corrected chi connectivity index (χ3v) is 5.81. The van der Waals surface area contributed by atoms with Crippen LogP contribution in [-0.4, -0.2) is 36.1 Å². The van der Waals surface area contributed by atoms with Gasteiger partial charge in [0.2, 0.25) is 0 Å². The van der Waals surface area contributed by atoms with E-state index in [1.54, 1.807) is 11.9 Å². The first-order valence-corrected chi connectivity index (χ1v) is 10.6. The lowest BCUT2D eigenvalue weighted by molar-refractivity contribution is 0.0780. The molecule has 0 bridgehead atoms. The Kier molecular flexibility index (Phi) is 5.53. The molecule has 5 nitrogen and oxygen atoms in total. The van der Waals surface area contributed by atoms with Gasteiger partial charge in [-0.25, -0.2) is 4.98 Å². The van der Waals surface area contributed by atoms with Crippen LogP contribution in [0, 0.1) is 0 Å². The summed E-state index contributed by atoms with van der Waals surface area (Å²) in [5.41, 5.74) is 3.79. The van der Waals surface area contributed by atoms with Gasteiger partial charge in [-0.1, -0.05) is 44.2 Å². The summed E-state index contributed by atoms with van der Waals surface area (Å²) in [5, 5.41) is 2.69. The molecule has 150 valence electrons. The van der Waals surface area contributed by atoms with E-state index < -0.39 is 0 Å². The van der Waals surface area contributed by atoms with E-state index in [4.69, 9.17) is 9.47 Å². The third kappa shape index (κ3) is 4.27. The van der Waals surface area contributed by atoms with E-state index in [-0.39, 0.29) is 5.91 Å². The Bertz CT molecular complexity index is 1010. The molecule has 1 amide bonds. The molecule has 29 heavy (non-hydrogen) atoms. The number of aromatic nitrogens is 1. The summed E-state index contributed by atoms with van der Waals surface area (Å²) < 4.78 is 11.2. The smallest absolute Gasteiger partial charge is 0.273 e. The molecule has 0 atom stereocenters. The highest BCUT2D eigenvalue weighted by Gasteiger charge is 2.18. The molecule has 0 fully saturated rings. The lowest BCUT2D eigenvalue weighted by Gasteiger charge is -2.21.